The molecule has 0 aliphatic rings. The lowest BCUT2D eigenvalue weighted by atomic mass is 10.1. The fourth-order valence-electron chi connectivity index (χ4n) is 2.55. The van der Waals surface area contributed by atoms with Crippen LogP contribution >= 0.6 is 11.3 Å². The van der Waals surface area contributed by atoms with Gasteiger partial charge < -0.3 is 10.2 Å². The molecule has 0 aliphatic heterocycles. The zero-order valence-electron chi connectivity index (χ0n) is 14.8. The van der Waals surface area contributed by atoms with E-state index in [0.717, 1.165) is 54.4 Å². The maximum atomic E-state index is 12.0. The fourth-order valence-corrected chi connectivity index (χ4v) is 3.52. The van der Waals surface area contributed by atoms with Crippen LogP contribution in [0.3, 0.4) is 0 Å². The van der Waals surface area contributed by atoms with Crippen LogP contribution in [-0.2, 0) is 4.79 Å². The van der Waals surface area contributed by atoms with Crippen molar-refractivity contribution in [3.05, 3.63) is 29.6 Å². The number of nitrogens with one attached hydrogen (secondary N) is 1. The van der Waals surface area contributed by atoms with Crippen LogP contribution in [0.4, 0.5) is 10.8 Å². The van der Waals surface area contributed by atoms with E-state index in [-0.39, 0.29) is 5.91 Å². The average Bonchev–Trinajstić information content (AvgIpc) is 3.06. The van der Waals surface area contributed by atoms with Crippen molar-refractivity contribution in [2.75, 3.05) is 23.3 Å². The summed E-state index contributed by atoms with van der Waals surface area (Å²) >= 11 is 1.66. The molecule has 0 saturated heterocycles. The molecule has 2 aromatic rings. The van der Waals surface area contributed by atoms with Crippen molar-refractivity contribution in [2.45, 2.75) is 46.5 Å². The molecule has 0 spiro atoms. The quantitative estimate of drug-likeness (QED) is 0.637. The number of hydrogen-bond donors (Lipinski definition) is 1. The zero-order valence-corrected chi connectivity index (χ0v) is 15.7. The molecule has 1 amide bonds. The highest BCUT2D eigenvalue weighted by atomic mass is 32.1. The van der Waals surface area contributed by atoms with Crippen molar-refractivity contribution in [1.29, 1.82) is 0 Å². The van der Waals surface area contributed by atoms with Gasteiger partial charge in [-0.05, 0) is 32.4 Å². The molecule has 2 rings (SSSR count). The van der Waals surface area contributed by atoms with Gasteiger partial charge >= 0.3 is 0 Å². The third-order valence-corrected chi connectivity index (χ3v) is 4.88. The molecule has 0 bridgehead atoms. The Bertz CT molecular complexity index is 650. The molecule has 0 saturated carbocycles. The van der Waals surface area contributed by atoms with Gasteiger partial charge in [0.1, 0.15) is 0 Å². The van der Waals surface area contributed by atoms with E-state index < -0.39 is 0 Å². The molecule has 5 heteroatoms. The number of carbonyl (C=O) groups excluding carboxylic acids is 1. The molecule has 0 atom stereocenters. The molecule has 0 aliphatic carbocycles. The van der Waals surface area contributed by atoms with Crippen LogP contribution < -0.4 is 10.2 Å². The van der Waals surface area contributed by atoms with Gasteiger partial charge in [-0.25, -0.2) is 4.98 Å². The van der Waals surface area contributed by atoms with Crippen LogP contribution in [0.1, 0.15) is 46.5 Å². The Balaban J connectivity index is 2.06. The van der Waals surface area contributed by atoms with Gasteiger partial charge in [0.15, 0.2) is 5.13 Å². The lowest BCUT2D eigenvalue weighted by molar-refractivity contribution is -0.116. The first-order valence-electron chi connectivity index (χ1n) is 8.78. The highest BCUT2D eigenvalue weighted by molar-refractivity contribution is 7.14. The molecule has 0 radical (unpaired) electrons. The van der Waals surface area contributed by atoms with E-state index in [1.165, 1.54) is 0 Å². The van der Waals surface area contributed by atoms with Gasteiger partial charge in [-0.15, -0.1) is 11.3 Å². The molecule has 4 nitrogen and oxygen atoms in total. The lowest BCUT2D eigenvalue weighted by Gasteiger charge is -2.16. The summed E-state index contributed by atoms with van der Waals surface area (Å²) in [5.74, 6) is 0.0858. The number of unbranched alkanes of at least 4 members (excludes halogenated alkanes) is 2. The first-order chi connectivity index (χ1) is 11.7. The molecule has 0 fully saturated rings. The highest BCUT2D eigenvalue weighted by Crippen LogP contribution is 2.28. The van der Waals surface area contributed by atoms with Crippen molar-refractivity contribution >= 4 is 28.1 Å². The normalized spacial score (nSPS) is 10.6. The summed E-state index contributed by atoms with van der Waals surface area (Å²) in [6, 6.07) is 7.93. The third-order valence-electron chi connectivity index (χ3n) is 3.98. The van der Waals surface area contributed by atoms with E-state index in [2.05, 4.69) is 36.4 Å². The summed E-state index contributed by atoms with van der Waals surface area (Å²) in [6.45, 7) is 8.33. The van der Waals surface area contributed by atoms with Crippen molar-refractivity contribution in [3.63, 3.8) is 0 Å². The van der Waals surface area contributed by atoms with Crippen LogP contribution in [0.15, 0.2) is 29.6 Å². The number of aromatic nitrogens is 1. The number of rotatable bonds is 9. The number of benzene rings is 1. The summed E-state index contributed by atoms with van der Waals surface area (Å²) in [7, 11) is 0. The number of thiazole rings is 1. The van der Waals surface area contributed by atoms with Crippen molar-refractivity contribution in [3.8, 4) is 11.3 Å². The first-order valence-corrected chi connectivity index (χ1v) is 9.66. The molecule has 24 heavy (non-hydrogen) atoms. The van der Waals surface area contributed by atoms with Crippen LogP contribution in [0.5, 0.6) is 0 Å². The second kappa shape index (κ2) is 9.42. The second-order valence-electron chi connectivity index (χ2n) is 5.77. The predicted molar refractivity (Wildman–Crippen MR) is 104 cm³/mol. The van der Waals surface area contributed by atoms with Gasteiger partial charge in [0.2, 0.25) is 5.91 Å². The SMILES string of the molecule is CCCCCC(=O)Nc1cccc(-c2csc(N(CC)CC)n2)c1. The maximum absolute atomic E-state index is 12.0. The number of nitrogens with zero attached hydrogens (tertiary/aromatic N) is 2. The molecular weight excluding hydrogens is 318 g/mol. The zero-order chi connectivity index (χ0) is 17.4. The van der Waals surface area contributed by atoms with E-state index in [1.807, 2.05) is 24.3 Å². The number of amides is 1. The number of anilines is 2. The van der Waals surface area contributed by atoms with E-state index in [9.17, 15) is 4.79 Å². The monoisotopic (exact) mass is 345 g/mol. The minimum atomic E-state index is 0.0858. The minimum absolute atomic E-state index is 0.0858. The van der Waals surface area contributed by atoms with Gasteiger partial charge in [-0.2, -0.15) is 0 Å². The molecule has 1 aromatic carbocycles. The smallest absolute Gasteiger partial charge is 0.224 e. The van der Waals surface area contributed by atoms with E-state index in [4.69, 9.17) is 4.98 Å². The average molecular weight is 346 g/mol. The Hall–Kier alpha value is -1.88. The minimum Gasteiger partial charge on any atom is -0.349 e. The molecular formula is C19H27N3OS. The summed E-state index contributed by atoms with van der Waals surface area (Å²) in [4.78, 5) is 19.0. The van der Waals surface area contributed by atoms with Crippen LogP contribution in [0.2, 0.25) is 0 Å². The van der Waals surface area contributed by atoms with Crippen molar-refractivity contribution < 1.29 is 4.79 Å². The van der Waals surface area contributed by atoms with E-state index in [0.29, 0.717) is 6.42 Å². The standard InChI is InChI=1S/C19H27N3OS/c1-4-7-8-12-18(23)20-16-11-9-10-15(13-16)17-14-24-19(21-17)22(5-2)6-3/h9-11,13-14H,4-8,12H2,1-3H3,(H,20,23). The number of carbonyl (C=O) groups is 1. The van der Waals surface area contributed by atoms with Crippen LogP contribution in [0, 0.1) is 0 Å². The van der Waals surface area contributed by atoms with Crippen molar-refractivity contribution in [2.24, 2.45) is 0 Å². The summed E-state index contributed by atoms with van der Waals surface area (Å²) in [5.41, 5.74) is 2.84. The lowest BCUT2D eigenvalue weighted by Crippen LogP contribution is -2.21. The Morgan fingerprint density at radius 1 is 1.21 bits per heavy atom. The molecule has 1 aromatic heterocycles. The molecule has 1 heterocycles. The summed E-state index contributed by atoms with van der Waals surface area (Å²) in [5, 5.41) is 6.11. The fraction of sp³-hybridized carbons (Fsp3) is 0.474. The third kappa shape index (κ3) is 5.06. The number of hydrogen-bond acceptors (Lipinski definition) is 4. The Labute approximate surface area is 148 Å². The van der Waals surface area contributed by atoms with Gasteiger partial charge in [0, 0.05) is 36.1 Å². The first kappa shape index (κ1) is 18.5. The molecule has 0 unspecified atom stereocenters. The largest absolute Gasteiger partial charge is 0.349 e. The molecule has 130 valence electrons. The van der Waals surface area contributed by atoms with Gasteiger partial charge in [-0.1, -0.05) is 31.9 Å². The Morgan fingerprint density at radius 3 is 2.71 bits per heavy atom. The Morgan fingerprint density at radius 2 is 2.00 bits per heavy atom. The second-order valence-corrected chi connectivity index (χ2v) is 6.61. The Kier molecular flexibility index (Phi) is 7.25. The van der Waals surface area contributed by atoms with Crippen LogP contribution in [0.25, 0.3) is 11.3 Å². The van der Waals surface area contributed by atoms with Gasteiger partial charge in [-0.3, -0.25) is 4.79 Å². The van der Waals surface area contributed by atoms with E-state index in [1.54, 1.807) is 11.3 Å². The van der Waals surface area contributed by atoms with Gasteiger partial charge in [0.25, 0.3) is 0 Å². The topological polar surface area (TPSA) is 45.2 Å². The van der Waals surface area contributed by atoms with Gasteiger partial charge in [0.05, 0.1) is 5.69 Å². The van der Waals surface area contributed by atoms with Crippen molar-refractivity contribution in [1.82, 2.24) is 4.98 Å². The molecule has 1 N–H and O–H groups in total. The summed E-state index contributed by atoms with van der Waals surface area (Å²) in [6.07, 6.45) is 3.75. The van der Waals surface area contributed by atoms with E-state index >= 15 is 0 Å². The highest BCUT2D eigenvalue weighted by Gasteiger charge is 2.10. The maximum Gasteiger partial charge on any atom is 0.224 e. The predicted octanol–water partition coefficient (Wildman–Crippen LogP) is 5.18. The summed E-state index contributed by atoms with van der Waals surface area (Å²) < 4.78 is 0. The van der Waals surface area contributed by atoms with Crippen LogP contribution in [-0.4, -0.2) is 24.0 Å².